The Labute approximate surface area is 70.2 Å². The van der Waals surface area contributed by atoms with Gasteiger partial charge < -0.3 is 14.5 Å². The summed E-state index contributed by atoms with van der Waals surface area (Å²) in [5, 5.41) is 8.15. The van der Waals surface area contributed by atoms with Gasteiger partial charge >= 0.3 is 7.60 Å². The first-order valence-electron chi connectivity index (χ1n) is 2.30. The Morgan fingerprint density at radius 3 is 2.50 bits per heavy atom. The van der Waals surface area contributed by atoms with Gasteiger partial charge in [0.2, 0.25) is 0 Å². The minimum atomic E-state index is -3.71. The monoisotopic (exact) mass is 182 g/mol. The van der Waals surface area contributed by atoms with Crippen molar-refractivity contribution in [2.75, 3.05) is 13.0 Å². The lowest BCUT2D eigenvalue weighted by Gasteiger charge is -2.05. The predicted molar refractivity (Wildman–Crippen MR) is 43.0 cm³/mol. The van der Waals surface area contributed by atoms with Gasteiger partial charge in [-0.25, -0.2) is 0 Å². The Bertz CT molecular complexity index is 137. The number of hydrogen-bond acceptors (Lipinski definition) is 3. The highest BCUT2D eigenvalue weighted by atomic mass is 31.2. The zero-order valence-corrected chi connectivity index (χ0v) is 5.75. The normalized spacial score (nSPS) is 15.0. The minimum absolute atomic E-state index is 0. The van der Waals surface area contributed by atoms with Gasteiger partial charge in [-0.2, -0.15) is 0 Å². The molecule has 0 aliphatic rings. The summed E-state index contributed by atoms with van der Waals surface area (Å²) in [4.78, 5) is 8.49. The molecule has 0 radical (unpaired) electrons. The molecule has 60 valence electrons. The van der Waals surface area contributed by atoms with Crippen molar-refractivity contribution in [3.8, 4) is 0 Å². The van der Waals surface area contributed by atoms with Crippen molar-refractivity contribution in [1.82, 2.24) is 0 Å². The smallest absolute Gasteiger partial charge is 0.353 e. The second-order valence-corrected chi connectivity index (χ2v) is 3.18. The largest absolute Gasteiger partial charge is 0.384 e. The first kappa shape index (κ1) is 13.0. The van der Waals surface area contributed by atoms with E-state index in [0.29, 0.717) is 0 Å². The first-order chi connectivity index (χ1) is 4.12. The lowest BCUT2D eigenvalue weighted by atomic mass is 10.7. The third-order valence-corrected chi connectivity index (χ3v) is 1.48. The van der Waals surface area contributed by atoms with Gasteiger partial charge in [-0.1, -0.05) is 6.08 Å². The fourth-order valence-electron chi connectivity index (χ4n) is 0.210. The van der Waals surface area contributed by atoms with Crippen molar-refractivity contribution < 1.29 is 19.1 Å². The zero-order valence-electron chi connectivity index (χ0n) is 4.86. The lowest BCUT2D eigenvalue weighted by molar-refractivity contribution is 0.242. The highest BCUT2D eigenvalue weighted by Gasteiger charge is 2.15. The fraction of sp³-hybridized carbons (Fsp3) is 0.500. The molecule has 0 spiro atoms. The van der Waals surface area contributed by atoms with Crippen LogP contribution < -0.4 is 0 Å². The van der Waals surface area contributed by atoms with Crippen molar-refractivity contribution in [3.05, 3.63) is 12.7 Å². The Kier molecular flexibility index (Phi) is 7.96. The van der Waals surface area contributed by atoms with Gasteiger partial charge in [0.15, 0.2) is 17.4 Å². The van der Waals surface area contributed by atoms with E-state index < -0.39 is 13.9 Å². The number of aliphatic hydroxyl groups excluding tert-OH is 1. The maximum atomic E-state index is 10.4. The number of rotatable bonds is 4. The molecule has 0 aliphatic carbocycles. The molecule has 0 fully saturated rings. The predicted octanol–water partition coefficient (Wildman–Crippen LogP) is -0.860. The maximum Gasteiger partial charge on any atom is 0.353 e. The van der Waals surface area contributed by atoms with Gasteiger partial charge in [0.25, 0.3) is 0 Å². The molecular formula is C4H12AlO4P. The van der Waals surface area contributed by atoms with Crippen LogP contribution in [0.1, 0.15) is 0 Å². The summed E-state index contributed by atoms with van der Waals surface area (Å²) in [6.07, 6.45) is 0.485. The van der Waals surface area contributed by atoms with Gasteiger partial charge in [-0.3, -0.25) is 4.57 Å². The van der Waals surface area contributed by atoms with Crippen LogP contribution in [0.5, 0.6) is 0 Å². The molecule has 0 amide bonds. The number of aliphatic hydroxyl groups is 1. The summed E-state index contributed by atoms with van der Waals surface area (Å²) in [6, 6.07) is 0. The molecule has 0 heterocycles. The van der Waals surface area contributed by atoms with E-state index in [0.717, 1.165) is 0 Å². The topological polar surface area (TPSA) is 66.8 Å². The van der Waals surface area contributed by atoms with Gasteiger partial charge in [0.1, 0.15) is 6.35 Å². The minimum Gasteiger partial charge on any atom is -0.384 e. The Morgan fingerprint density at radius 1 is 1.70 bits per heavy atom. The van der Waals surface area contributed by atoms with E-state index in [2.05, 4.69) is 11.1 Å². The zero-order chi connectivity index (χ0) is 7.33. The second kappa shape index (κ2) is 6.12. The second-order valence-electron chi connectivity index (χ2n) is 1.36. The molecule has 0 saturated heterocycles. The molecule has 10 heavy (non-hydrogen) atoms. The van der Waals surface area contributed by atoms with Crippen LogP contribution in [0.25, 0.3) is 0 Å². The van der Waals surface area contributed by atoms with E-state index >= 15 is 0 Å². The average molecular weight is 182 g/mol. The van der Waals surface area contributed by atoms with Crippen LogP contribution >= 0.6 is 7.60 Å². The molecule has 2 N–H and O–H groups in total. The molecule has 0 aromatic rings. The number of hydrogen-bond donors (Lipinski definition) is 2. The van der Waals surface area contributed by atoms with E-state index in [-0.39, 0.29) is 24.0 Å². The van der Waals surface area contributed by atoms with Crippen LogP contribution in [-0.2, 0) is 9.09 Å². The molecule has 0 aliphatic heterocycles. The Balaban J connectivity index is 0. The van der Waals surface area contributed by atoms with Crippen LogP contribution in [0.3, 0.4) is 0 Å². The van der Waals surface area contributed by atoms with Crippen LogP contribution in [0.15, 0.2) is 12.7 Å². The fourth-order valence-corrected chi connectivity index (χ4v) is 0.630. The van der Waals surface area contributed by atoms with Crippen molar-refractivity contribution >= 4 is 25.0 Å². The summed E-state index contributed by atoms with van der Waals surface area (Å²) < 4.78 is 14.6. The van der Waals surface area contributed by atoms with Crippen molar-refractivity contribution in [2.24, 2.45) is 0 Å². The van der Waals surface area contributed by atoms with Crippen LogP contribution in [0.4, 0.5) is 0 Å². The molecule has 0 aromatic carbocycles. The third-order valence-electron chi connectivity index (χ3n) is 0.573. The quantitative estimate of drug-likeness (QED) is 0.337. The molecular weight excluding hydrogens is 170 g/mol. The summed E-state index contributed by atoms with van der Waals surface area (Å²) in [7, 11) is -3.71. The molecule has 0 bridgehead atoms. The molecule has 6 heteroatoms. The summed E-state index contributed by atoms with van der Waals surface area (Å²) >= 11 is 0. The van der Waals surface area contributed by atoms with Crippen molar-refractivity contribution in [1.29, 1.82) is 0 Å². The first-order valence-corrected chi connectivity index (χ1v) is 4.07. The molecule has 1 atom stereocenters. The summed E-state index contributed by atoms with van der Waals surface area (Å²) in [5.41, 5.74) is 0. The highest BCUT2D eigenvalue weighted by Crippen LogP contribution is 2.39. The van der Waals surface area contributed by atoms with Crippen molar-refractivity contribution in [3.63, 3.8) is 0 Å². The third kappa shape index (κ3) is 6.50. The average Bonchev–Trinajstić information content (AvgIpc) is 1.84. The van der Waals surface area contributed by atoms with Gasteiger partial charge in [0.05, 0.1) is 6.61 Å². The van der Waals surface area contributed by atoms with E-state index in [1.807, 2.05) is 0 Å². The van der Waals surface area contributed by atoms with E-state index in [1.165, 1.54) is 6.08 Å². The maximum absolute atomic E-state index is 10.4. The summed E-state index contributed by atoms with van der Waals surface area (Å²) in [6.45, 7) is 3.24. The Hall–Kier alpha value is 0.382. The highest BCUT2D eigenvalue weighted by molar-refractivity contribution is 7.52. The van der Waals surface area contributed by atoms with Crippen LogP contribution in [-0.4, -0.2) is 40.3 Å². The molecule has 1 unspecified atom stereocenters. The van der Waals surface area contributed by atoms with E-state index in [1.54, 1.807) is 0 Å². The van der Waals surface area contributed by atoms with Gasteiger partial charge in [0, 0.05) is 0 Å². The molecule has 0 rings (SSSR count). The molecule has 4 nitrogen and oxygen atoms in total. The van der Waals surface area contributed by atoms with Crippen LogP contribution in [0, 0.1) is 0 Å². The molecule has 0 aromatic heterocycles. The van der Waals surface area contributed by atoms with Gasteiger partial charge in [-0.05, 0) is 0 Å². The SMILES string of the molecule is C=CCOP(=O)(O)CO.[AlH3]. The van der Waals surface area contributed by atoms with Crippen LogP contribution in [0.2, 0.25) is 0 Å². The Morgan fingerprint density at radius 2 is 2.20 bits per heavy atom. The molecule has 0 saturated carbocycles. The summed E-state index contributed by atoms with van der Waals surface area (Å²) in [5.74, 6) is 0. The van der Waals surface area contributed by atoms with Crippen molar-refractivity contribution in [2.45, 2.75) is 0 Å². The standard InChI is InChI=1S/C4H9O4P.Al.3H/c1-2-3-8-9(6,7)4-5;;;;/h2,5H,1,3-4H2,(H,6,7);;;;. The lowest BCUT2D eigenvalue weighted by Crippen LogP contribution is -1.92. The van der Waals surface area contributed by atoms with E-state index in [4.69, 9.17) is 10.00 Å². The van der Waals surface area contributed by atoms with Gasteiger partial charge in [-0.15, -0.1) is 6.58 Å². The van der Waals surface area contributed by atoms with E-state index in [9.17, 15) is 4.57 Å².